The van der Waals surface area contributed by atoms with Gasteiger partial charge in [-0.15, -0.1) is 0 Å². The highest BCUT2D eigenvalue weighted by atomic mass is 19.1. The quantitative estimate of drug-likeness (QED) is 0.774. The minimum absolute atomic E-state index is 0.0463. The fourth-order valence-electron chi connectivity index (χ4n) is 0.852. The molecule has 0 saturated heterocycles. The summed E-state index contributed by atoms with van der Waals surface area (Å²) < 4.78 is 17.8. The van der Waals surface area contributed by atoms with E-state index in [0.717, 1.165) is 6.42 Å². The third-order valence-electron chi connectivity index (χ3n) is 1.80. The molecule has 0 heterocycles. The summed E-state index contributed by atoms with van der Waals surface area (Å²) in [4.78, 5) is 0. The molecule has 0 saturated carbocycles. The minimum atomic E-state index is -0.257. The van der Waals surface area contributed by atoms with Gasteiger partial charge in [-0.1, -0.05) is 6.92 Å². The van der Waals surface area contributed by atoms with Crippen molar-refractivity contribution < 1.29 is 9.13 Å². The lowest BCUT2D eigenvalue weighted by Crippen LogP contribution is -2.26. The number of benzene rings is 1. The van der Waals surface area contributed by atoms with E-state index in [0.29, 0.717) is 12.4 Å². The second kappa shape index (κ2) is 4.82. The van der Waals surface area contributed by atoms with Crippen molar-refractivity contribution >= 4 is 0 Å². The van der Waals surface area contributed by atoms with Gasteiger partial charge in [-0.2, -0.15) is 0 Å². The molecule has 0 amide bonds. The lowest BCUT2D eigenvalue weighted by molar-refractivity contribution is 0.285. The SMILES string of the molecule is CCC(N)COc1ccc(F)cc1. The summed E-state index contributed by atoms with van der Waals surface area (Å²) in [7, 11) is 0. The van der Waals surface area contributed by atoms with Gasteiger partial charge in [-0.3, -0.25) is 0 Å². The number of ether oxygens (including phenoxy) is 1. The summed E-state index contributed by atoms with van der Waals surface area (Å²) in [5.74, 6) is 0.400. The number of halogens is 1. The molecule has 13 heavy (non-hydrogen) atoms. The Morgan fingerprint density at radius 2 is 2.00 bits per heavy atom. The zero-order valence-corrected chi connectivity index (χ0v) is 7.66. The lowest BCUT2D eigenvalue weighted by Gasteiger charge is -2.10. The van der Waals surface area contributed by atoms with Gasteiger partial charge in [0.15, 0.2) is 0 Å². The number of nitrogens with two attached hydrogens (primary N) is 1. The molecule has 0 aliphatic heterocycles. The largest absolute Gasteiger partial charge is 0.492 e. The highest BCUT2D eigenvalue weighted by molar-refractivity contribution is 5.22. The predicted octanol–water partition coefficient (Wildman–Crippen LogP) is 1.94. The van der Waals surface area contributed by atoms with Crippen LogP contribution in [0.3, 0.4) is 0 Å². The summed E-state index contributed by atoms with van der Waals surface area (Å²) in [5, 5.41) is 0. The van der Waals surface area contributed by atoms with Crippen LogP contribution >= 0.6 is 0 Å². The number of rotatable bonds is 4. The topological polar surface area (TPSA) is 35.2 Å². The van der Waals surface area contributed by atoms with Crippen molar-refractivity contribution in [1.82, 2.24) is 0 Å². The van der Waals surface area contributed by atoms with Crippen molar-refractivity contribution in [3.8, 4) is 5.75 Å². The zero-order valence-electron chi connectivity index (χ0n) is 7.66. The van der Waals surface area contributed by atoms with Crippen LogP contribution in [0.15, 0.2) is 24.3 Å². The molecule has 0 fully saturated rings. The maximum atomic E-state index is 12.5. The van der Waals surface area contributed by atoms with Gasteiger partial charge in [0.2, 0.25) is 0 Å². The van der Waals surface area contributed by atoms with Crippen LogP contribution in [0.4, 0.5) is 4.39 Å². The molecule has 0 spiro atoms. The molecule has 0 aliphatic carbocycles. The van der Waals surface area contributed by atoms with Gasteiger partial charge in [-0.05, 0) is 30.7 Å². The molecule has 1 unspecified atom stereocenters. The Kier molecular flexibility index (Phi) is 3.71. The van der Waals surface area contributed by atoms with Crippen LogP contribution < -0.4 is 10.5 Å². The Morgan fingerprint density at radius 1 is 1.38 bits per heavy atom. The first-order chi connectivity index (χ1) is 6.22. The van der Waals surface area contributed by atoms with Crippen LogP contribution in [-0.2, 0) is 0 Å². The van der Waals surface area contributed by atoms with E-state index in [9.17, 15) is 4.39 Å². The molecule has 1 atom stereocenters. The maximum Gasteiger partial charge on any atom is 0.123 e. The molecule has 2 N–H and O–H groups in total. The molecule has 2 nitrogen and oxygen atoms in total. The number of hydrogen-bond donors (Lipinski definition) is 1. The van der Waals surface area contributed by atoms with Crippen LogP contribution in [-0.4, -0.2) is 12.6 Å². The molecule has 0 aromatic heterocycles. The average molecular weight is 183 g/mol. The second-order valence-electron chi connectivity index (χ2n) is 2.93. The first-order valence-corrected chi connectivity index (χ1v) is 4.36. The summed E-state index contributed by atoms with van der Waals surface area (Å²) in [6, 6.07) is 5.97. The molecule has 1 aromatic rings. The number of hydrogen-bond acceptors (Lipinski definition) is 2. The molecule has 0 bridgehead atoms. The molecule has 1 aromatic carbocycles. The maximum absolute atomic E-state index is 12.5. The summed E-state index contributed by atoms with van der Waals surface area (Å²) in [6.45, 7) is 2.47. The monoisotopic (exact) mass is 183 g/mol. The molecule has 3 heteroatoms. The van der Waals surface area contributed by atoms with Gasteiger partial charge in [-0.25, -0.2) is 4.39 Å². The highest BCUT2D eigenvalue weighted by Gasteiger charge is 2.00. The van der Waals surface area contributed by atoms with Crippen molar-refractivity contribution in [2.24, 2.45) is 5.73 Å². The van der Waals surface area contributed by atoms with E-state index in [1.807, 2.05) is 6.92 Å². The van der Waals surface area contributed by atoms with Gasteiger partial charge in [0.25, 0.3) is 0 Å². The Labute approximate surface area is 77.5 Å². The van der Waals surface area contributed by atoms with E-state index in [1.165, 1.54) is 12.1 Å². The van der Waals surface area contributed by atoms with Crippen molar-refractivity contribution in [2.45, 2.75) is 19.4 Å². The molecule has 0 radical (unpaired) electrons. The Hall–Kier alpha value is -1.09. The van der Waals surface area contributed by atoms with Crippen LogP contribution in [0.2, 0.25) is 0 Å². The fraction of sp³-hybridized carbons (Fsp3) is 0.400. The molecular weight excluding hydrogens is 169 g/mol. The summed E-state index contributed by atoms with van der Waals surface area (Å²) in [6.07, 6.45) is 0.876. The first-order valence-electron chi connectivity index (χ1n) is 4.36. The van der Waals surface area contributed by atoms with Crippen LogP contribution in [0.1, 0.15) is 13.3 Å². The smallest absolute Gasteiger partial charge is 0.123 e. The van der Waals surface area contributed by atoms with Gasteiger partial charge < -0.3 is 10.5 Å². The van der Waals surface area contributed by atoms with Crippen molar-refractivity contribution in [2.75, 3.05) is 6.61 Å². The summed E-state index contributed by atoms with van der Waals surface area (Å²) in [5.41, 5.74) is 5.65. The van der Waals surface area contributed by atoms with Gasteiger partial charge in [0, 0.05) is 6.04 Å². The molecular formula is C10H14FNO. The van der Waals surface area contributed by atoms with Gasteiger partial charge >= 0.3 is 0 Å². The van der Waals surface area contributed by atoms with Crippen molar-refractivity contribution in [1.29, 1.82) is 0 Å². The van der Waals surface area contributed by atoms with E-state index in [-0.39, 0.29) is 11.9 Å². The second-order valence-corrected chi connectivity index (χ2v) is 2.93. The normalized spacial score (nSPS) is 12.5. The summed E-state index contributed by atoms with van der Waals surface area (Å²) >= 11 is 0. The fourth-order valence-corrected chi connectivity index (χ4v) is 0.852. The van der Waals surface area contributed by atoms with Crippen LogP contribution in [0, 0.1) is 5.82 Å². The standard InChI is InChI=1S/C10H14FNO/c1-2-9(12)7-13-10-5-3-8(11)4-6-10/h3-6,9H,2,7,12H2,1H3. The van der Waals surface area contributed by atoms with E-state index in [4.69, 9.17) is 10.5 Å². The highest BCUT2D eigenvalue weighted by Crippen LogP contribution is 2.11. The van der Waals surface area contributed by atoms with E-state index >= 15 is 0 Å². The Bertz CT molecular complexity index is 248. The van der Waals surface area contributed by atoms with E-state index < -0.39 is 0 Å². The third-order valence-corrected chi connectivity index (χ3v) is 1.80. The Morgan fingerprint density at radius 3 is 2.54 bits per heavy atom. The average Bonchev–Trinajstić information content (AvgIpc) is 2.16. The van der Waals surface area contributed by atoms with Gasteiger partial charge in [0.05, 0.1) is 0 Å². The van der Waals surface area contributed by atoms with E-state index in [1.54, 1.807) is 12.1 Å². The molecule has 1 rings (SSSR count). The Balaban J connectivity index is 2.41. The van der Waals surface area contributed by atoms with E-state index in [2.05, 4.69) is 0 Å². The molecule has 0 aliphatic rings. The van der Waals surface area contributed by atoms with Crippen molar-refractivity contribution in [3.63, 3.8) is 0 Å². The molecule has 72 valence electrons. The van der Waals surface area contributed by atoms with Crippen LogP contribution in [0.5, 0.6) is 5.75 Å². The first kappa shape index (κ1) is 9.99. The predicted molar refractivity (Wildman–Crippen MR) is 50.2 cm³/mol. The van der Waals surface area contributed by atoms with Crippen molar-refractivity contribution in [3.05, 3.63) is 30.1 Å². The van der Waals surface area contributed by atoms with Crippen LogP contribution in [0.25, 0.3) is 0 Å². The third kappa shape index (κ3) is 3.42. The zero-order chi connectivity index (χ0) is 9.68. The minimum Gasteiger partial charge on any atom is -0.492 e. The van der Waals surface area contributed by atoms with Gasteiger partial charge in [0.1, 0.15) is 18.2 Å². The lowest BCUT2D eigenvalue weighted by atomic mass is 10.2.